The number of nitrogens with zero attached hydrogens (tertiary/aromatic N) is 1. The Morgan fingerprint density at radius 1 is 1.33 bits per heavy atom. The van der Waals surface area contributed by atoms with Gasteiger partial charge in [0.15, 0.2) is 0 Å². The number of alkyl halides is 4. The summed E-state index contributed by atoms with van der Waals surface area (Å²) in [6.45, 7) is 0.186. The van der Waals surface area contributed by atoms with E-state index in [4.69, 9.17) is 4.74 Å². The molecule has 1 aromatic heterocycles. The van der Waals surface area contributed by atoms with Gasteiger partial charge in [0.05, 0.1) is 6.04 Å². The van der Waals surface area contributed by atoms with E-state index in [1.54, 1.807) is 0 Å². The average molecular weight is 262 g/mol. The highest BCUT2D eigenvalue weighted by molar-refractivity contribution is 5.37. The molecule has 1 N–H and O–H groups in total. The molecule has 2 aliphatic heterocycles. The number of rotatable bonds is 0. The van der Waals surface area contributed by atoms with Crippen LogP contribution in [0.5, 0.6) is 5.88 Å². The smallest absolute Gasteiger partial charge is 0.433 e. The van der Waals surface area contributed by atoms with E-state index in [1.165, 1.54) is 6.07 Å². The number of ether oxygens (including phenoxy) is 1. The van der Waals surface area contributed by atoms with E-state index in [2.05, 4.69) is 10.3 Å². The molecular weight excluding hydrogens is 252 g/mol. The Balaban J connectivity index is 1.93. The second kappa shape index (κ2) is 3.81. The maximum absolute atomic E-state index is 13.2. The minimum Gasteiger partial charge on any atom is -0.472 e. The minimum absolute atomic E-state index is 0.0403. The van der Waals surface area contributed by atoms with Gasteiger partial charge in [-0.1, -0.05) is 0 Å². The number of piperidine rings is 1. The van der Waals surface area contributed by atoms with E-state index in [-0.39, 0.29) is 24.9 Å². The SMILES string of the molecule is F[C@@H]1CN[C@H]2c3ccc(C(F)(F)F)nc3O[C@H]2C1. The van der Waals surface area contributed by atoms with Gasteiger partial charge in [0, 0.05) is 18.5 Å². The number of hydrogen-bond donors (Lipinski definition) is 1. The highest BCUT2D eigenvalue weighted by Crippen LogP contribution is 2.41. The first-order chi connectivity index (χ1) is 8.45. The molecule has 1 saturated heterocycles. The van der Waals surface area contributed by atoms with E-state index in [9.17, 15) is 17.6 Å². The zero-order valence-electron chi connectivity index (χ0n) is 9.17. The maximum Gasteiger partial charge on any atom is 0.433 e. The quantitative estimate of drug-likeness (QED) is 0.728. The van der Waals surface area contributed by atoms with E-state index < -0.39 is 24.1 Å². The van der Waals surface area contributed by atoms with Crippen molar-refractivity contribution >= 4 is 0 Å². The van der Waals surface area contributed by atoms with Crippen molar-refractivity contribution in [1.82, 2.24) is 10.3 Å². The molecule has 3 nitrogen and oxygen atoms in total. The van der Waals surface area contributed by atoms with Crippen LogP contribution in [0.2, 0.25) is 0 Å². The van der Waals surface area contributed by atoms with Crippen LogP contribution in [0.15, 0.2) is 12.1 Å². The van der Waals surface area contributed by atoms with Gasteiger partial charge >= 0.3 is 6.18 Å². The molecule has 0 saturated carbocycles. The number of hydrogen-bond acceptors (Lipinski definition) is 3. The molecule has 7 heteroatoms. The topological polar surface area (TPSA) is 34.2 Å². The summed E-state index contributed by atoms with van der Waals surface area (Å²) in [4.78, 5) is 3.46. The molecule has 98 valence electrons. The Labute approximate surface area is 100 Å². The lowest BCUT2D eigenvalue weighted by atomic mass is 9.97. The first-order valence-electron chi connectivity index (χ1n) is 5.57. The number of fused-ring (bicyclic) bond motifs is 3. The van der Waals surface area contributed by atoms with Crippen molar-refractivity contribution in [3.8, 4) is 5.88 Å². The molecule has 0 bridgehead atoms. The van der Waals surface area contributed by atoms with Gasteiger partial charge in [-0.05, 0) is 12.1 Å². The van der Waals surface area contributed by atoms with Crippen molar-refractivity contribution in [3.63, 3.8) is 0 Å². The second-order valence-electron chi connectivity index (χ2n) is 4.46. The molecule has 3 rings (SSSR count). The van der Waals surface area contributed by atoms with Crippen LogP contribution in [-0.4, -0.2) is 23.8 Å². The van der Waals surface area contributed by atoms with Gasteiger partial charge < -0.3 is 10.1 Å². The fourth-order valence-electron chi connectivity index (χ4n) is 2.37. The van der Waals surface area contributed by atoms with Gasteiger partial charge in [-0.3, -0.25) is 0 Å². The summed E-state index contributed by atoms with van der Waals surface area (Å²) in [7, 11) is 0. The van der Waals surface area contributed by atoms with Gasteiger partial charge in [0.2, 0.25) is 5.88 Å². The molecule has 1 aromatic rings. The molecular formula is C11H10F4N2O. The highest BCUT2D eigenvalue weighted by atomic mass is 19.4. The van der Waals surface area contributed by atoms with Crippen molar-refractivity contribution in [2.45, 2.75) is 30.9 Å². The second-order valence-corrected chi connectivity index (χ2v) is 4.46. The van der Waals surface area contributed by atoms with E-state index in [1.807, 2.05) is 0 Å². The molecule has 18 heavy (non-hydrogen) atoms. The lowest BCUT2D eigenvalue weighted by Crippen LogP contribution is -2.42. The summed E-state index contributed by atoms with van der Waals surface area (Å²) in [5.74, 6) is -0.0403. The van der Waals surface area contributed by atoms with Crippen molar-refractivity contribution in [3.05, 3.63) is 23.4 Å². The minimum atomic E-state index is -4.50. The normalized spacial score (nSPS) is 30.6. The van der Waals surface area contributed by atoms with Gasteiger partial charge in [0.25, 0.3) is 0 Å². The fourth-order valence-corrected chi connectivity index (χ4v) is 2.37. The molecule has 0 aliphatic carbocycles. The third-order valence-corrected chi connectivity index (χ3v) is 3.20. The highest BCUT2D eigenvalue weighted by Gasteiger charge is 2.42. The first-order valence-corrected chi connectivity index (χ1v) is 5.57. The van der Waals surface area contributed by atoms with Crippen LogP contribution in [0.4, 0.5) is 17.6 Å². The van der Waals surface area contributed by atoms with Crippen LogP contribution in [0, 0.1) is 0 Å². The van der Waals surface area contributed by atoms with Crippen LogP contribution in [0.1, 0.15) is 23.7 Å². The Morgan fingerprint density at radius 3 is 2.83 bits per heavy atom. The van der Waals surface area contributed by atoms with Gasteiger partial charge in [-0.15, -0.1) is 0 Å². The van der Waals surface area contributed by atoms with E-state index in [0.29, 0.717) is 5.56 Å². The maximum atomic E-state index is 13.2. The Bertz CT molecular complexity index is 477. The van der Waals surface area contributed by atoms with Crippen molar-refractivity contribution in [1.29, 1.82) is 0 Å². The van der Waals surface area contributed by atoms with Crippen molar-refractivity contribution < 1.29 is 22.3 Å². The number of halogens is 4. The zero-order valence-corrected chi connectivity index (χ0v) is 9.17. The molecule has 0 amide bonds. The third kappa shape index (κ3) is 1.82. The van der Waals surface area contributed by atoms with Gasteiger partial charge in [-0.25, -0.2) is 9.37 Å². The Hall–Kier alpha value is -1.37. The van der Waals surface area contributed by atoms with Gasteiger partial charge in [-0.2, -0.15) is 13.2 Å². The zero-order chi connectivity index (χ0) is 12.9. The summed E-state index contributed by atoms with van der Waals surface area (Å²) < 4.78 is 56.0. The summed E-state index contributed by atoms with van der Waals surface area (Å²) in [6, 6.07) is 2.01. The van der Waals surface area contributed by atoms with Crippen LogP contribution < -0.4 is 10.1 Å². The monoisotopic (exact) mass is 262 g/mol. The molecule has 0 aromatic carbocycles. The fraction of sp³-hybridized carbons (Fsp3) is 0.545. The van der Waals surface area contributed by atoms with Gasteiger partial charge in [0.1, 0.15) is 18.0 Å². The predicted molar refractivity (Wildman–Crippen MR) is 53.9 cm³/mol. The van der Waals surface area contributed by atoms with Crippen LogP contribution >= 0.6 is 0 Å². The van der Waals surface area contributed by atoms with Crippen LogP contribution in [0.25, 0.3) is 0 Å². The standard InChI is InChI=1S/C11H10F4N2O/c12-5-3-7-9(16-4-5)6-1-2-8(11(13,14)15)17-10(6)18-7/h1-2,5,7,9,16H,3-4H2/t5-,7-,9-/m0/s1. The molecule has 3 heterocycles. The van der Waals surface area contributed by atoms with E-state index >= 15 is 0 Å². The lowest BCUT2D eigenvalue weighted by molar-refractivity contribution is -0.141. The summed E-state index contributed by atoms with van der Waals surface area (Å²) >= 11 is 0. The molecule has 3 atom stereocenters. The summed E-state index contributed by atoms with van der Waals surface area (Å²) in [6.07, 6.45) is -5.83. The number of pyridine rings is 1. The van der Waals surface area contributed by atoms with Crippen LogP contribution in [0.3, 0.4) is 0 Å². The van der Waals surface area contributed by atoms with Crippen LogP contribution in [-0.2, 0) is 6.18 Å². The molecule has 2 aliphatic rings. The Kier molecular flexibility index (Phi) is 2.48. The molecule has 0 radical (unpaired) electrons. The molecule has 1 fully saturated rings. The number of aromatic nitrogens is 1. The summed E-state index contributed by atoms with van der Waals surface area (Å²) in [5.41, 5.74) is -0.420. The largest absolute Gasteiger partial charge is 0.472 e. The predicted octanol–water partition coefficient (Wildman–Crippen LogP) is 2.23. The number of nitrogens with one attached hydrogen (secondary N) is 1. The van der Waals surface area contributed by atoms with Crippen molar-refractivity contribution in [2.24, 2.45) is 0 Å². The lowest BCUT2D eigenvalue weighted by Gasteiger charge is -2.27. The third-order valence-electron chi connectivity index (χ3n) is 3.20. The Morgan fingerprint density at radius 2 is 2.11 bits per heavy atom. The summed E-state index contributed by atoms with van der Waals surface area (Å²) in [5, 5.41) is 2.92. The average Bonchev–Trinajstić information content (AvgIpc) is 2.63. The first kappa shape index (κ1) is 11.7. The van der Waals surface area contributed by atoms with E-state index in [0.717, 1.165) is 6.07 Å². The molecule has 0 unspecified atom stereocenters. The molecule has 0 spiro atoms. The van der Waals surface area contributed by atoms with Crippen molar-refractivity contribution in [2.75, 3.05) is 6.54 Å².